The molecule has 2 aromatic carbocycles. The van der Waals surface area contributed by atoms with Crippen LogP contribution in [0, 0.1) is 0 Å². The molecular formula is C22H26O3. The zero-order chi connectivity index (χ0) is 17.5. The van der Waals surface area contributed by atoms with Crippen molar-refractivity contribution < 1.29 is 14.3 Å². The third-order valence-corrected chi connectivity index (χ3v) is 4.68. The number of carbonyl (C=O) groups is 1. The maximum atomic E-state index is 11.7. The van der Waals surface area contributed by atoms with Gasteiger partial charge in [-0.25, -0.2) is 0 Å². The largest absolute Gasteiger partial charge is 0.464 e. The van der Waals surface area contributed by atoms with Gasteiger partial charge >= 0.3 is 0 Å². The zero-order valence-corrected chi connectivity index (χ0v) is 14.8. The van der Waals surface area contributed by atoms with Crippen molar-refractivity contribution >= 4 is 6.29 Å². The molecule has 3 heteroatoms. The summed E-state index contributed by atoms with van der Waals surface area (Å²) < 4.78 is 12.1. The molecule has 0 saturated carbocycles. The first-order chi connectivity index (χ1) is 12.3. The van der Waals surface area contributed by atoms with Gasteiger partial charge in [0.1, 0.15) is 12.0 Å². The normalized spacial score (nSPS) is 18.5. The fraction of sp³-hybridized carbons (Fsp3) is 0.409. The van der Waals surface area contributed by atoms with Crippen molar-refractivity contribution in [3.05, 3.63) is 54.1 Å². The molecule has 132 valence electrons. The van der Waals surface area contributed by atoms with Crippen LogP contribution in [0.25, 0.3) is 11.1 Å². The first-order valence-electron chi connectivity index (χ1n) is 9.25. The standard InChI is InChI=1S/C22H26O3/c1-2-9-18(16-23)20-13-8-12-19(17-10-4-3-5-11-17)22(20)25-21-14-6-7-15-24-21/h3-5,8,10-13,16,18,21H,2,6-7,9,14-15H2,1H3. The molecule has 1 aliphatic rings. The van der Waals surface area contributed by atoms with Crippen LogP contribution in [0.1, 0.15) is 50.5 Å². The van der Waals surface area contributed by atoms with E-state index in [9.17, 15) is 4.79 Å². The number of para-hydroxylation sites is 1. The summed E-state index contributed by atoms with van der Waals surface area (Å²) in [6.07, 6.45) is 5.68. The Kier molecular flexibility index (Phi) is 6.24. The van der Waals surface area contributed by atoms with Crippen molar-refractivity contribution in [2.75, 3.05) is 6.61 Å². The van der Waals surface area contributed by atoms with E-state index in [1.54, 1.807) is 0 Å². The molecule has 2 atom stereocenters. The quantitative estimate of drug-likeness (QED) is 0.639. The number of carbonyl (C=O) groups excluding carboxylic acids is 1. The van der Waals surface area contributed by atoms with E-state index in [1.807, 2.05) is 30.3 Å². The number of hydrogen-bond acceptors (Lipinski definition) is 3. The van der Waals surface area contributed by atoms with Crippen LogP contribution < -0.4 is 4.74 Å². The first-order valence-corrected chi connectivity index (χ1v) is 9.25. The molecule has 0 aromatic heterocycles. The number of benzene rings is 2. The average molecular weight is 338 g/mol. The van der Waals surface area contributed by atoms with E-state index in [-0.39, 0.29) is 12.2 Å². The fourth-order valence-corrected chi connectivity index (χ4v) is 3.37. The Balaban J connectivity index is 2.03. The Morgan fingerprint density at radius 3 is 2.68 bits per heavy atom. The number of aldehydes is 1. The Hall–Kier alpha value is -2.13. The van der Waals surface area contributed by atoms with Gasteiger partial charge in [0.25, 0.3) is 0 Å². The van der Waals surface area contributed by atoms with Gasteiger partial charge in [-0.15, -0.1) is 0 Å². The summed E-state index contributed by atoms with van der Waals surface area (Å²) in [4.78, 5) is 11.7. The minimum atomic E-state index is -0.230. The molecular weight excluding hydrogens is 312 g/mol. The van der Waals surface area contributed by atoms with Crippen LogP contribution in [-0.4, -0.2) is 19.2 Å². The maximum Gasteiger partial charge on any atom is 0.199 e. The Labute approximate surface area is 150 Å². The highest BCUT2D eigenvalue weighted by Gasteiger charge is 2.23. The van der Waals surface area contributed by atoms with E-state index in [0.717, 1.165) is 67.4 Å². The summed E-state index contributed by atoms with van der Waals surface area (Å²) in [5.74, 6) is 0.651. The van der Waals surface area contributed by atoms with E-state index in [1.165, 1.54) is 0 Å². The lowest BCUT2D eigenvalue weighted by Crippen LogP contribution is -2.26. The van der Waals surface area contributed by atoms with Crippen molar-refractivity contribution in [1.82, 2.24) is 0 Å². The fourth-order valence-electron chi connectivity index (χ4n) is 3.37. The van der Waals surface area contributed by atoms with Crippen LogP contribution in [0.3, 0.4) is 0 Å². The molecule has 0 amide bonds. The Morgan fingerprint density at radius 1 is 1.16 bits per heavy atom. The van der Waals surface area contributed by atoms with Crippen LogP contribution in [0.15, 0.2) is 48.5 Å². The van der Waals surface area contributed by atoms with Crippen molar-refractivity contribution in [2.45, 2.75) is 51.2 Å². The van der Waals surface area contributed by atoms with Crippen LogP contribution in [0.2, 0.25) is 0 Å². The Bertz CT molecular complexity index is 675. The third-order valence-electron chi connectivity index (χ3n) is 4.68. The van der Waals surface area contributed by atoms with Crippen molar-refractivity contribution in [3.63, 3.8) is 0 Å². The van der Waals surface area contributed by atoms with Crippen LogP contribution in [0.5, 0.6) is 5.75 Å². The second-order valence-electron chi connectivity index (χ2n) is 6.54. The summed E-state index contributed by atoms with van der Waals surface area (Å²) in [6, 6.07) is 16.3. The first kappa shape index (κ1) is 17.7. The lowest BCUT2D eigenvalue weighted by Gasteiger charge is -2.27. The van der Waals surface area contributed by atoms with Gasteiger partial charge in [-0.05, 0) is 24.8 Å². The molecule has 2 unspecified atom stereocenters. The summed E-state index contributed by atoms with van der Waals surface area (Å²) in [7, 11) is 0. The van der Waals surface area contributed by atoms with Gasteiger partial charge in [-0.1, -0.05) is 61.9 Å². The maximum absolute atomic E-state index is 11.7. The number of rotatable bonds is 7. The smallest absolute Gasteiger partial charge is 0.199 e. The summed E-state index contributed by atoms with van der Waals surface area (Å²) in [6.45, 7) is 2.84. The van der Waals surface area contributed by atoms with Gasteiger partial charge in [0.2, 0.25) is 0 Å². The van der Waals surface area contributed by atoms with Crippen LogP contribution in [0.4, 0.5) is 0 Å². The van der Waals surface area contributed by atoms with E-state index in [4.69, 9.17) is 9.47 Å². The monoisotopic (exact) mass is 338 g/mol. The molecule has 0 N–H and O–H groups in total. The molecule has 0 aliphatic carbocycles. The molecule has 2 aromatic rings. The molecule has 3 nitrogen and oxygen atoms in total. The predicted octanol–water partition coefficient (Wildman–Crippen LogP) is 5.34. The van der Waals surface area contributed by atoms with Gasteiger partial charge in [-0.2, -0.15) is 0 Å². The van der Waals surface area contributed by atoms with E-state index < -0.39 is 0 Å². The summed E-state index contributed by atoms with van der Waals surface area (Å²) in [5.41, 5.74) is 3.08. The van der Waals surface area contributed by atoms with Gasteiger partial charge in [0, 0.05) is 23.5 Å². The SMILES string of the molecule is CCCC(C=O)c1cccc(-c2ccccc2)c1OC1CCCCO1. The van der Waals surface area contributed by atoms with Crippen molar-refractivity contribution in [2.24, 2.45) is 0 Å². The second-order valence-corrected chi connectivity index (χ2v) is 6.54. The lowest BCUT2D eigenvalue weighted by molar-refractivity contribution is -0.110. The van der Waals surface area contributed by atoms with Crippen LogP contribution >= 0.6 is 0 Å². The minimum absolute atomic E-state index is 0.146. The zero-order valence-electron chi connectivity index (χ0n) is 14.8. The lowest BCUT2D eigenvalue weighted by atomic mass is 9.91. The summed E-state index contributed by atoms with van der Waals surface area (Å²) >= 11 is 0. The second kappa shape index (κ2) is 8.82. The molecule has 1 heterocycles. The molecule has 1 fully saturated rings. The summed E-state index contributed by atoms with van der Waals surface area (Å²) in [5, 5.41) is 0. The average Bonchev–Trinajstić information content (AvgIpc) is 2.68. The predicted molar refractivity (Wildman–Crippen MR) is 99.8 cm³/mol. The molecule has 0 spiro atoms. The van der Waals surface area contributed by atoms with Crippen molar-refractivity contribution in [3.8, 4) is 16.9 Å². The molecule has 1 saturated heterocycles. The highest BCUT2D eigenvalue weighted by molar-refractivity contribution is 5.75. The van der Waals surface area contributed by atoms with Crippen LogP contribution in [-0.2, 0) is 9.53 Å². The van der Waals surface area contributed by atoms with Gasteiger partial charge in [-0.3, -0.25) is 0 Å². The minimum Gasteiger partial charge on any atom is -0.464 e. The molecule has 0 bridgehead atoms. The van der Waals surface area contributed by atoms with E-state index >= 15 is 0 Å². The molecule has 25 heavy (non-hydrogen) atoms. The van der Waals surface area contributed by atoms with Gasteiger partial charge < -0.3 is 14.3 Å². The van der Waals surface area contributed by atoms with E-state index in [0.29, 0.717) is 0 Å². The topological polar surface area (TPSA) is 35.5 Å². The third kappa shape index (κ3) is 4.29. The van der Waals surface area contributed by atoms with Gasteiger partial charge in [0.15, 0.2) is 6.29 Å². The van der Waals surface area contributed by atoms with Crippen molar-refractivity contribution in [1.29, 1.82) is 0 Å². The van der Waals surface area contributed by atoms with E-state index in [2.05, 4.69) is 25.1 Å². The highest BCUT2D eigenvalue weighted by atomic mass is 16.7. The molecule has 0 radical (unpaired) electrons. The molecule has 3 rings (SSSR count). The Morgan fingerprint density at radius 2 is 2.00 bits per heavy atom. The number of ether oxygens (including phenoxy) is 2. The number of hydrogen-bond donors (Lipinski definition) is 0. The highest BCUT2D eigenvalue weighted by Crippen LogP contribution is 2.39. The van der Waals surface area contributed by atoms with Gasteiger partial charge in [0.05, 0.1) is 6.61 Å². The molecule has 1 aliphatic heterocycles.